The molecule has 2 atom stereocenters. The van der Waals surface area contributed by atoms with Crippen LogP contribution < -0.4 is 5.56 Å². The number of rotatable bonds is 5. The van der Waals surface area contributed by atoms with Gasteiger partial charge in [0.05, 0.1) is 22.6 Å². The zero-order valence-corrected chi connectivity index (χ0v) is 24.6. The highest BCUT2D eigenvalue weighted by molar-refractivity contribution is 5.98. The number of pyridine rings is 1. The Labute approximate surface area is 255 Å². The van der Waals surface area contributed by atoms with E-state index in [1.807, 2.05) is 13.0 Å². The number of hydrogen-bond donors (Lipinski definition) is 2. The van der Waals surface area contributed by atoms with Crippen LogP contribution in [0.25, 0.3) is 27.4 Å². The van der Waals surface area contributed by atoms with Gasteiger partial charge in [0, 0.05) is 53.9 Å². The summed E-state index contributed by atoms with van der Waals surface area (Å²) in [6, 6.07) is 8.16. The van der Waals surface area contributed by atoms with Crippen molar-refractivity contribution in [3.8, 4) is 0 Å². The summed E-state index contributed by atoms with van der Waals surface area (Å²) in [5, 5.41) is 8.28. The SMILES string of the molecule is C=C(C)c1cc2c(c3cn[nH]c13)CN(CC(F)(F)F)C(=O)C1(CC(=O)N3CCC(c4cc5cccc(F)c5[nH]c4=O)CC3)C[C@H]21. The van der Waals surface area contributed by atoms with Crippen LogP contribution in [-0.2, 0) is 16.1 Å². The van der Waals surface area contributed by atoms with E-state index < -0.39 is 35.8 Å². The molecule has 1 aliphatic carbocycles. The van der Waals surface area contributed by atoms with Crippen LogP contribution in [0.1, 0.15) is 66.7 Å². The minimum atomic E-state index is -4.61. The van der Waals surface area contributed by atoms with Crippen molar-refractivity contribution in [2.75, 3.05) is 19.6 Å². The van der Waals surface area contributed by atoms with E-state index in [-0.39, 0.29) is 42.3 Å². The standard InChI is InChI=1S/C33H31F4N5O3/c1-17(2)20-11-22-24(23-14-38-40-29(20)23)15-42(16-33(35,36)37)31(45)32(12-25(22)32)13-27(43)41-8-6-18(7-9-41)21-10-19-4-3-5-26(34)28(19)39-30(21)44/h3-5,10-11,14,18,25H,1,6-9,12-13,15-16H2,2H3,(H,38,40)(H,39,44)/t25-,32?/m1/s1. The number of carbonyl (C=O) groups is 2. The Balaban J connectivity index is 1.15. The summed E-state index contributed by atoms with van der Waals surface area (Å²) in [7, 11) is 0. The predicted molar refractivity (Wildman–Crippen MR) is 160 cm³/mol. The normalized spacial score (nSPS) is 22.0. The number of nitrogens with one attached hydrogen (secondary N) is 2. The third kappa shape index (κ3) is 4.90. The van der Waals surface area contributed by atoms with Gasteiger partial charge in [-0.15, -0.1) is 0 Å². The smallest absolute Gasteiger partial charge is 0.343 e. The number of halogens is 4. The van der Waals surface area contributed by atoms with Crippen LogP contribution in [0.2, 0.25) is 0 Å². The highest BCUT2D eigenvalue weighted by Gasteiger charge is 2.65. The summed E-state index contributed by atoms with van der Waals surface area (Å²) in [4.78, 5) is 45.6. The summed E-state index contributed by atoms with van der Waals surface area (Å²) in [5.41, 5.74) is 2.59. The molecule has 2 aromatic carbocycles. The number of fused-ring (bicyclic) bond motifs is 6. The van der Waals surface area contributed by atoms with Gasteiger partial charge in [0.25, 0.3) is 5.56 Å². The maximum absolute atomic E-state index is 14.2. The fourth-order valence-corrected chi connectivity index (χ4v) is 7.49. The van der Waals surface area contributed by atoms with Crippen molar-refractivity contribution >= 4 is 39.2 Å². The maximum Gasteiger partial charge on any atom is 0.406 e. The first-order valence-electron chi connectivity index (χ1n) is 15.0. The Morgan fingerprint density at radius 2 is 1.89 bits per heavy atom. The number of benzene rings is 2. The van der Waals surface area contributed by atoms with Crippen molar-refractivity contribution in [3.63, 3.8) is 0 Å². The largest absolute Gasteiger partial charge is 0.406 e. The molecule has 7 rings (SSSR count). The Kier molecular flexibility index (Phi) is 6.68. The number of aromatic amines is 2. The second-order valence-corrected chi connectivity index (χ2v) is 12.7. The average Bonchev–Trinajstić information content (AvgIpc) is 3.50. The number of aromatic nitrogens is 3. The number of nitrogens with zero attached hydrogens (tertiary/aromatic N) is 3. The van der Waals surface area contributed by atoms with Gasteiger partial charge in [-0.05, 0) is 67.0 Å². The van der Waals surface area contributed by atoms with Crippen LogP contribution >= 0.6 is 0 Å². The van der Waals surface area contributed by atoms with Gasteiger partial charge < -0.3 is 14.8 Å². The van der Waals surface area contributed by atoms with Crippen molar-refractivity contribution in [2.24, 2.45) is 5.41 Å². The molecule has 1 saturated heterocycles. The topological polar surface area (TPSA) is 102 Å². The van der Waals surface area contributed by atoms with Crippen molar-refractivity contribution in [2.45, 2.75) is 57.2 Å². The molecule has 0 radical (unpaired) electrons. The van der Waals surface area contributed by atoms with E-state index in [9.17, 15) is 31.9 Å². The summed E-state index contributed by atoms with van der Waals surface area (Å²) >= 11 is 0. The van der Waals surface area contributed by atoms with Crippen molar-refractivity contribution in [1.82, 2.24) is 25.0 Å². The highest BCUT2D eigenvalue weighted by Crippen LogP contribution is 2.65. The van der Waals surface area contributed by atoms with Gasteiger partial charge in [-0.1, -0.05) is 18.7 Å². The van der Waals surface area contributed by atoms with E-state index in [0.717, 1.165) is 21.6 Å². The highest BCUT2D eigenvalue weighted by atomic mass is 19.4. The lowest BCUT2D eigenvalue weighted by Crippen LogP contribution is -2.45. The molecule has 2 aromatic heterocycles. The summed E-state index contributed by atoms with van der Waals surface area (Å²) in [6.07, 6.45) is -1.99. The number of alkyl halides is 3. The zero-order chi connectivity index (χ0) is 31.8. The second-order valence-electron chi connectivity index (χ2n) is 12.7. The van der Waals surface area contributed by atoms with Crippen LogP contribution in [0, 0.1) is 11.2 Å². The number of carbonyl (C=O) groups excluding carboxylic acids is 2. The number of allylic oxidation sites excluding steroid dienone is 1. The average molecular weight is 622 g/mol. The van der Waals surface area contributed by atoms with Gasteiger partial charge in [0.15, 0.2) is 0 Å². The molecule has 4 aromatic rings. The molecule has 45 heavy (non-hydrogen) atoms. The molecule has 2 fully saturated rings. The fraction of sp³-hybridized carbons (Fsp3) is 0.394. The number of amides is 2. The van der Waals surface area contributed by atoms with Gasteiger partial charge in [-0.25, -0.2) is 4.39 Å². The third-order valence-corrected chi connectivity index (χ3v) is 9.84. The Morgan fingerprint density at radius 3 is 2.60 bits per heavy atom. The van der Waals surface area contributed by atoms with E-state index >= 15 is 0 Å². The first kappa shape index (κ1) is 29.2. The van der Waals surface area contributed by atoms with Gasteiger partial charge in [0.2, 0.25) is 11.8 Å². The molecule has 0 bridgehead atoms. The van der Waals surface area contributed by atoms with Crippen LogP contribution in [0.3, 0.4) is 0 Å². The van der Waals surface area contributed by atoms with E-state index in [2.05, 4.69) is 21.8 Å². The van der Waals surface area contributed by atoms with Crippen molar-refractivity contribution < 1.29 is 27.2 Å². The number of H-pyrrole nitrogens is 2. The molecule has 12 heteroatoms. The Morgan fingerprint density at radius 1 is 1.13 bits per heavy atom. The van der Waals surface area contributed by atoms with Crippen LogP contribution in [-0.4, -0.2) is 62.6 Å². The monoisotopic (exact) mass is 621 g/mol. The molecule has 4 heterocycles. The summed E-state index contributed by atoms with van der Waals surface area (Å²) in [5.74, 6) is -2.02. The lowest BCUT2D eigenvalue weighted by molar-refractivity contribution is -0.166. The van der Waals surface area contributed by atoms with E-state index in [0.29, 0.717) is 53.3 Å². The lowest BCUT2D eigenvalue weighted by Gasteiger charge is -2.33. The number of piperidine rings is 1. The molecular formula is C33H31F4N5O3. The van der Waals surface area contributed by atoms with Crippen LogP contribution in [0.4, 0.5) is 17.6 Å². The first-order chi connectivity index (χ1) is 21.4. The maximum atomic E-state index is 14.2. The quantitative estimate of drug-likeness (QED) is 0.277. The van der Waals surface area contributed by atoms with E-state index in [1.54, 1.807) is 29.3 Å². The first-order valence-corrected chi connectivity index (χ1v) is 15.0. The molecule has 2 aliphatic heterocycles. The zero-order valence-electron chi connectivity index (χ0n) is 24.6. The molecular weight excluding hydrogens is 590 g/mol. The third-order valence-electron chi connectivity index (χ3n) is 9.84. The van der Waals surface area contributed by atoms with Gasteiger partial charge in [-0.2, -0.15) is 18.3 Å². The minimum Gasteiger partial charge on any atom is -0.343 e. The molecule has 234 valence electrons. The molecule has 3 aliphatic rings. The summed E-state index contributed by atoms with van der Waals surface area (Å²) < 4.78 is 55.4. The number of hydrogen-bond acceptors (Lipinski definition) is 4. The van der Waals surface area contributed by atoms with Gasteiger partial charge >= 0.3 is 6.18 Å². The Hall–Kier alpha value is -4.48. The van der Waals surface area contributed by atoms with Gasteiger partial charge in [0.1, 0.15) is 12.4 Å². The number of likely N-dealkylation sites (tertiary alicyclic amines) is 1. The van der Waals surface area contributed by atoms with Crippen molar-refractivity contribution in [1.29, 1.82) is 0 Å². The molecule has 8 nitrogen and oxygen atoms in total. The second kappa shape index (κ2) is 10.3. The molecule has 2 amide bonds. The number of para-hydroxylation sites is 1. The van der Waals surface area contributed by atoms with Gasteiger partial charge in [-0.3, -0.25) is 19.5 Å². The summed E-state index contributed by atoms with van der Waals surface area (Å²) in [6.45, 7) is 4.90. The molecule has 2 N–H and O–H groups in total. The lowest BCUT2D eigenvalue weighted by atomic mass is 9.88. The van der Waals surface area contributed by atoms with E-state index in [1.165, 1.54) is 6.07 Å². The molecule has 1 saturated carbocycles. The van der Waals surface area contributed by atoms with Crippen molar-refractivity contribution in [3.05, 3.63) is 81.5 Å². The molecule has 0 spiro atoms. The Bertz CT molecular complexity index is 1960. The minimum absolute atomic E-state index is 0.148. The molecule has 1 unspecified atom stereocenters. The van der Waals surface area contributed by atoms with Crippen LogP contribution in [0.15, 0.2) is 47.9 Å². The fourth-order valence-electron chi connectivity index (χ4n) is 7.49. The predicted octanol–water partition coefficient (Wildman–Crippen LogP) is 5.75. The van der Waals surface area contributed by atoms with Crippen LogP contribution in [0.5, 0.6) is 0 Å². The van der Waals surface area contributed by atoms with E-state index in [4.69, 9.17) is 0 Å².